The van der Waals surface area contributed by atoms with Crippen LogP contribution in [0.5, 0.6) is 11.5 Å². The Kier molecular flexibility index (Phi) is 8.67. The third-order valence-corrected chi connectivity index (χ3v) is 5.20. The summed E-state index contributed by atoms with van der Waals surface area (Å²) in [6.07, 6.45) is 3.82. The summed E-state index contributed by atoms with van der Waals surface area (Å²) in [4.78, 5) is 11.2. The predicted octanol–water partition coefficient (Wildman–Crippen LogP) is 5.64. The Hall–Kier alpha value is -3.12. The molecule has 0 aliphatic rings. The highest BCUT2D eigenvalue weighted by Gasteiger charge is 2.08. The van der Waals surface area contributed by atoms with Gasteiger partial charge in [-0.05, 0) is 61.1 Å². The van der Waals surface area contributed by atoms with Crippen molar-refractivity contribution in [1.29, 1.82) is 0 Å². The molecule has 3 rings (SSSR count). The largest absolute Gasteiger partial charge is 0.494 e. The van der Waals surface area contributed by atoms with Crippen molar-refractivity contribution in [2.75, 3.05) is 17.5 Å². The van der Waals surface area contributed by atoms with E-state index in [2.05, 4.69) is 49.2 Å². The van der Waals surface area contributed by atoms with E-state index in [1.807, 2.05) is 24.3 Å². The first-order valence-electron chi connectivity index (χ1n) is 10.4. The van der Waals surface area contributed by atoms with Crippen molar-refractivity contribution in [3.63, 3.8) is 0 Å². The fraction of sp³-hybridized carbons (Fsp3) is 0.240. The minimum absolute atomic E-state index is 0.580. The van der Waals surface area contributed by atoms with Gasteiger partial charge in [0.2, 0.25) is 0 Å². The normalized spacial score (nSPS) is 10.5. The topological polar surface area (TPSA) is 64.8 Å². The number of rotatable bonds is 11. The number of urea groups is 1. The molecular formula is C25H28N2O3S. The fourth-order valence-electron chi connectivity index (χ4n) is 3.13. The summed E-state index contributed by atoms with van der Waals surface area (Å²) in [6.45, 7) is 1.28. The lowest BCUT2D eigenvalue weighted by molar-refractivity contribution is 0.257. The van der Waals surface area contributed by atoms with E-state index >= 15 is 0 Å². The maximum absolute atomic E-state index is 11.2. The molecule has 0 fully saturated rings. The van der Waals surface area contributed by atoms with Crippen LogP contribution >= 0.6 is 12.8 Å². The number of hydrogen-bond donors (Lipinski definition) is 2. The number of carbonyl (C=O) groups is 1. The molecule has 3 aromatic carbocycles. The number of nitrogens with two attached hydrogens (primary N) is 1. The molecule has 2 amide bonds. The van der Waals surface area contributed by atoms with Crippen LogP contribution in [0.25, 0.3) is 0 Å². The summed E-state index contributed by atoms with van der Waals surface area (Å²) in [5, 5.41) is 0. The average molecular weight is 437 g/mol. The lowest BCUT2D eigenvalue weighted by atomic mass is 10.1. The number of anilines is 1. The molecule has 0 aliphatic heterocycles. The van der Waals surface area contributed by atoms with Gasteiger partial charge in [0.05, 0.1) is 18.9 Å². The molecule has 162 valence electrons. The number of thiol groups is 1. The maximum atomic E-state index is 11.2. The van der Waals surface area contributed by atoms with Gasteiger partial charge in [0.1, 0.15) is 11.5 Å². The second-order valence-electron chi connectivity index (χ2n) is 7.21. The summed E-state index contributed by atoms with van der Waals surface area (Å²) < 4.78 is 12.7. The van der Waals surface area contributed by atoms with Gasteiger partial charge in [-0.2, -0.15) is 0 Å². The highest BCUT2D eigenvalue weighted by molar-refractivity contribution is 7.82. The molecule has 3 aromatic rings. The molecule has 2 N–H and O–H groups in total. The zero-order chi connectivity index (χ0) is 21.9. The van der Waals surface area contributed by atoms with Gasteiger partial charge in [0.15, 0.2) is 0 Å². The summed E-state index contributed by atoms with van der Waals surface area (Å²) in [5.41, 5.74) is 8.39. The van der Waals surface area contributed by atoms with Crippen molar-refractivity contribution < 1.29 is 14.3 Å². The van der Waals surface area contributed by atoms with Gasteiger partial charge in [-0.15, -0.1) is 0 Å². The molecule has 0 aliphatic carbocycles. The standard InChI is InChI=1S/C25H28N2O3S/c26-25(28)27(31)22-10-7-11-24(19-22)30-17-6-2-5-16-29-23-14-12-21(13-15-23)18-20-8-3-1-4-9-20/h1,3-4,7-15,19,31H,2,5-6,16-18H2,(H2,26,28). The number of amides is 2. The fourth-order valence-corrected chi connectivity index (χ4v) is 3.25. The van der Waals surface area contributed by atoms with Crippen molar-refractivity contribution in [3.05, 3.63) is 90.0 Å². The van der Waals surface area contributed by atoms with E-state index < -0.39 is 6.03 Å². The molecule has 6 heteroatoms. The van der Waals surface area contributed by atoms with Gasteiger partial charge in [0, 0.05) is 6.07 Å². The smallest absolute Gasteiger partial charge is 0.329 e. The molecule has 5 nitrogen and oxygen atoms in total. The SMILES string of the molecule is NC(=O)N(S)c1cccc(OCCCCCOc2ccc(Cc3ccccc3)cc2)c1. The molecule has 0 unspecified atom stereocenters. The Bertz CT molecular complexity index is 948. The number of carbonyl (C=O) groups excluding carboxylic acids is 1. The Balaban J connectivity index is 1.30. The lowest BCUT2D eigenvalue weighted by Gasteiger charge is -2.14. The van der Waals surface area contributed by atoms with Crippen LogP contribution in [-0.4, -0.2) is 19.2 Å². The highest BCUT2D eigenvalue weighted by Crippen LogP contribution is 2.22. The number of nitrogens with zero attached hydrogens (tertiary/aromatic N) is 1. The zero-order valence-electron chi connectivity index (χ0n) is 17.4. The van der Waals surface area contributed by atoms with Crippen LogP contribution in [0.4, 0.5) is 10.5 Å². The monoisotopic (exact) mass is 436 g/mol. The van der Waals surface area contributed by atoms with Gasteiger partial charge in [-0.1, -0.05) is 61.3 Å². The Labute approximate surface area is 189 Å². The average Bonchev–Trinajstić information content (AvgIpc) is 2.80. The number of ether oxygens (including phenoxy) is 2. The van der Waals surface area contributed by atoms with Crippen molar-refractivity contribution in [2.45, 2.75) is 25.7 Å². The quantitative estimate of drug-likeness (QED) is 0.302. The summed E-state index contributed by atoms with van der Waals surface area (Å²) in [5.74, 6) is 1.58. The van der Waals surface area contributed by atoms with Crippen LogP contribution in [0, 0.1) is 0 Å². The van der Waals surface area contributed by atoms with E-state index in [1.165, 1.54) is 11.1 Å². The molecule has 0 bridgehead atoms. The molecular weight excluding hydrogens is 408 g/mol. The van der Waals surface area contributed by atoms with Gasteiger partial charge < -0.3 is 15.2 Å². The Morgan fingerprint density at radius 3 is 2.10 bits per heavy atom. The van der Waals surface area contributed by atoms with Gasteiger partial charge in [-0.3, -0.25) is 0 Å². The maximum Gasteiger partial charge on any atom is 0.329 e. The van der Waals surface area contributed by atoms with Crippen LogP contribution in [0.1, 0.15) is 30.4 Å². The molecule has 0 saturated carbocycles. The second kappa shape index (κ2) is 11.9. The molecule has 0 atom stereocenters. The van der Waals surface area contributed by atoms with E-state index in [0.717, 1.165) is 35.7 Å². The zero-order valence-corrected chi connectivity index (χ0v) is 18.3. The lowest BCUT2D eigenvalue weighted by Crippen LogP contribution is -2.27. The molecule has 0 heterocycles. The number of hydrogen-bond acceptors (Lipinski definition) is 4. The summed E-state index contributed by atoms with van der Waals surface area (Å²) in [6, 6.07) is 25.2. The predicted molar refractivity (Wildman–Crippen MR) is 128 cm³/mol. The number of benzene rings is 3. The Morgan fingerprint density at radius 1 is 0.774 bits per heavy atom. The van der Waals surface area contributed by atoms with E-state index in [0.29, 0.717) is 24.7 Å². The summed E-state index contributed by atoms with van der Waals surface area (Å²) >= 11 is 4.06. The molecule has 0 radical (unpaired) electrons. The van der Waals surface area contributed by atoms with Crippen molar-refractivity contribution >= 4 is 24.5 Å². The number of primary amides is 1. The van der Waals surface area contributed by atoms with Crippen molar-refractivity contribution in [1.82, 2.24) is 0 Å². The van der Waals surface area contributed by atoms with Gasteiger partial charge in [-0.25, -0.2) is 9.10 Å². The van der Waals surface area contributed by atoms with Crippen molar-refractivity contribution in [3.8, 4) is 11.5 Å². The highest BCUT2D eigenvalue weighted by atomic mass is 32.1. The van der Waals surface area contributed by atoms with E-state index in [-0.39, 0.29) is 0 Å². The first kappa shape index (κ1) is 22.6. The third kappa shape index (κ3) is 7.57. The van der Waals surface area contributed by atoms with E-state index in [4.69, 9.17) is 15.2 Å². The Morgan fingerprint density at radius 2 is 1.42 bits per heavy atom. The first-order valence-corrected chi connectivity index (χ1v) is 10.8. The minimum atomic E-state index is -0.633. The molecule has 0 spiro atoms. The minimum Gasteiger partial charge on any atom is -0.494 e. The van der Waals surface area contributed by atoms with Crippen LogP contribution in [0.3, 0.4) is 0 Å². The van der Waals surface area contributed by atoms with Crippen LogP contribution < -0.4 is 19.5 Å². The van der Waals surface area contributed by atoms with E-state index in [1.54, 1.807) is 18.2 Å². The third-order valence-electron chi connectivity index (χ3n) is 4.77. The molecule has 31 heavy (non-hydrogen) atoms. The van der Waals surface area contributed by atoms with Gasteiger partial charge in [0.25, 0.3) is 0 Å². The molecule has 0 saturated heterocycles. The second-order valence-corrected chi connectivity index (χ2v) is 7.61. The van der Waals surface area contributed by atoms with E-state index in [9.17, 15) is 4.79 Å². The van der Waals surface area contributed by atoms with Crippen LogP contribution in [-0.2, 0) is 6.42 Å². The van der Waals surface area contributed by atoms with Crippen LogP contribution in [0.2, 0.25) is 0 Å². The van der Waals surface area contributed by atoms with Gasteiger partial charge >= 0.3 is 6.03 Å². The summed E-state index contributed by atoms with van der Waals surface area (Å²) in [7, 11) is 0. The first-order chi connectivity index (χ1) is 15.1. The molecule has 0 aromatic heterocycles. The number of unbranched alkanes of at least 4 members (excludes halogenated alkanes) is 2. The van der Waals surface area contributed by atoms with Crippen LogP contribution in [0.15, 0.2) is 78.9 Å². The van der Waals surface area contributed by atoms with Crippen molar-refractivity contribution in [2.24, 2.45) is 5.73 Å².